The van der Waals surface area contributed by atoms with Crippen LogP contribution in [0.5, 0.6) is 0 Å². The molecular formula is C13H16ClF3N2O3S. The van der Waals surface area contributed by atoms with Crippen LogP contribution in [0.4, 0.5) is 18.9 Å². The maximum atomic E-state index is 12.6. The molecular weight excluding hydrogens is 357 g/mol. The van der Waals surface area contributed by atoms with Crippen molar-refractivity contribution >= 4 is 33.0 Å². The first-order valence-electron chi connectivity index (χ1n) is 6.70. The minimum Gasteiger partial charge on any atom is -0.396 e. The Morgan fingerprint density at radius 2 is 2.00 bits per heavy atom. The van der Waals surface area contributed by atoms with Crippen molar-refractivity contribution in [1.29, 1.82) is 0 Å². The Kier molecular flexibility index (Phi) is 6.69. The molecule has 0 aliphatic heterocycles. The van der Waals surface area contributed by atoms with Crippen molar-refractivity contribution in [2.24, 2.45) is 5.16 Å². The first kappa shape index (κ1) is 19.6. The Bertz CT molecular complexity index is 676. The predicted octanol–water partition coefficient (Wildman–Crippen LogP) is 4.14. The summed E-state index contributed by atoms with van der Waals surface area (Å²) in [6.45, 7) is 3.79. The maximum absolute atomic E-state index is 12.6. The summed E-state index contributed by atoms with van der Waals surface area (Å²) in [5.74, 6) is 0. The molecule has 0 atom stereocenters. The highest BCUT2D eigenvalue weighted by Crippen LogP contribution is 2.29. The van der Waals surface area contributed by atoms with Gasteiger partial charge in [-0.2, -0.15) is 21.6 Å². The maximum Gasteiger partial charge on any atom is 0.516 e. The summed E-state index contributed by atoms with van der Waals surface area (Å²) in [5, 5.41) is 4.07. The number of hydrogen-bond acceptors (Lipinski definition) is 4. The second-order valence-corrected chi connectivity index (χ2v) is 6.56. The van der Waals surface area contributed by atoms with Gasteiger partial charge in [0.1, 0.15) is 6.61 Å². The first-order chi connectivity index (χ1) is 10.6. The average Bonchev–Trinajstić information content (AvgIpc) is 2.44. The van der Waals surface area contributed by atoms with Crippen LogP contribution in [0.15, 0.2) is 23.4 Å². The molecule has 0 aliphatic carbocycles. The number of sulfonamides is 1. The summed E-state index contributed by atoms with van der Waals surface area (Å²) in [5.41, 5.74) is -5.25. The van der Waals surface area contributed by atoms with E-state index in [9.17, 15) is 21.6 Å². The highest BCUT2D eigenvalue weighted by atomic mass is 35.5. The van der Waals surface area contributed by atoms with Crippen LogP contribution >= 0.6 is 11.6 Å². The highest BCUT2D eigenvalue weighted by molar-refractivity contribution is 7.93. The molecule has 0 aliphatic rings. The second kappa shape index (κ2) is 7.87. The van der Waals surface area contributed by atoms with E-state index in [2.05, 4.69) is 5.16 Å². The third-order valence-corrected chi connectivity index (χ3v) is 3.97. The van der Waals surface area contributed by atoms with Crippen molar-refractivity contribution < 1.29 is 26.4 Å². The molecule has 5 nitrogen and oxygen atoms in total. The molecule has 0 fully saturated rings. The Morgan fingerprint density at radius 3 is 2.52 bits per heavy atom. The summed E-state index contributed by atoms with van der Waals surface area (Å²) in [7, 11) is -5.54. The molecule has 10 heteroatoms. The molecule has 1 aromatic rings. The molecule has 0 heterocycles. The summed E-state index contributed by atoms with van der Waals surface area (Å²) in [6, 6.07) is 3.77. The highest BCUT2D eigenvalue weighted by Gasteiger charge is 2.46. The van der Waals surface area contributed by atoms with Gasteiger partial charge in [0.2, 0.25) is 0 Å². The Hall–Kier alpha value is -1.48. The Morgan fingerprint density at radius 1 is 1.35 bits per heavy atom. The van der Waals surface area contributed by atoms with Crippen molar-refractivity contribution in [1.82, 2.24) is 0 Å². The molecule has 1 aromatic carbocycles. The monoisotopic (exact) mass is 372 g/mol. The lowest BCUT2D eigenvalue weighted by Gasteiger charge is -2.15. The third-order valence-electron chi connectivity index (χ3n) is 2.63. The van der Waals surface area contributed by atoms with Gasteiger partial charge in [-0.1, -0.05) is 30.1 Å². The number of nitrogens with one attached hydrogen (secondary N) is 1. The summed E-state index contributed by atoms with van der Waals surface area (Å²) >= 11 is 5.86. The van der Waals surface area contributed by atoms with E-state index in [1.54, 1.807) is 6.92 Å². The summed E-state index contributed by atoms with van der Waals surface area (Å²) in [4.78, 5) is 4.94. The number of halogens is 4. The Labute approximate surface area is 137 Å². The summed E-state index contributed by atoms with van der Waals surface area (Å²) < 4.78 is 61.8. The fourth-order valence-electron chi connectivity index (χ4n) is 1.66. The van der Waals surface area contributed by atoms with Gasteiger partial charge in [-0.05, 0) is 31.5 Å². The molecule has 130 valence electrons. The van der Waals surface area contributed by atoms with Gasteiger partial charge in [-0.3, -0.25) is 4.72 Å². The molecule has 0 spiro atoms. The fourth-order valence-corrected chi connectivity index (χ4v) is 2.41. The fraction of sp³-hybridized carbons (Fsp3) is 0.462. The minimum atomic E-state index is -5.54. The lowest BCUT2D eigenvalue weighted by atomic mass is 10.0. The SMILES string of the molecule is CCC/C(=N\OCC)c1cc(Cl)ccc1NS(=O)(=O)C(F)(F)F. The number of anilines is 1. The smallest absolute Gasteiger partial charge is 0.396 e. The van der Waals surface area contributed by atoms with E-state index in [-0.39, 0.29) is 22.9 Å². The predicted molar refractivity (Wildman–Crippen MR) is 83.1 cm³/mol. The zero-order chi connectivity index (χ0) is 17.7. The number of nitrogens with zero attached hydrogens (tertiary/aromatic N) is 1. The number of rotatable bonds is 7. The average molecular weight is 373 g/mol. The Balaban J connectivity index is 3.35. The van der Waals surface area contributed by atoms with Crippen molar-refractivity contribution in [2.75, 3.05) is 11.3 Å². The van der Waals surface area contributed by atoms with Gasteiger partial charge in [0.25, 0.3) is 0 Å². The number of benzene rings is 1. The largest absolute Gasteiger partial charge is 0.516 e. The van der Waals surface area contributed by atoms with E-state index < -0.39 is 15.5 Å². The molecule has 0 unspecified atom stereocenters. The van der Waals surface area contributed by atoms with E-state index >= 15 is 0 Å². The van der Waals surface area contributed by atoms with E-state index in [4.69, 9.17) is 16.4 Å². The van der Waals surface area contributed by atoms with E-state index in [1.165, 1.54) is 16.9 Å². The van der Waals surface area contributed by atoms with Crippen LogP contribution in [0.25, 0.3) is 0 Å². The molecule has 0 saturated heterocycles. The van der Waals surface area contributed by atoms with Gasteiger partial charge in [-0.15, -0.1) is 0 Å². The molecule has 0 saturated carbocycles. The van der Waals surface area contributed by atoms with Gasteiger partial charge in [0, 0.05) is 10.6 Å². The van der Waals surface area contributed by atoms with Crippen molar-refractivity contribution in [3.63, 3.8) is 0 Å². The van der Waals surface area contributed by atoms with E-state index in [0.29, 0.717) is 18.6 Å². The minimum absolute atomic E-state index is 0.139. The molecule has 23 heavy (non-hydrogen) atoms. The van der Waals surface area contributed by atoms with Gasteiger partial charge < -0.3 is 4.84 Å². The van der Waals surface area contributed by atoms with Gasteiger partial charge in [0.15, 0.2) is 0 Å². The van der Waals surface area contributed by atoms with Crippen LogP contribution in [0.2, 0.25) is 5.02 Å². The van der Waals surface area contributed by atoms with Gasteiger partial charge >= 0.3 is 15.5 Å². The molecule has 1 rings (SSSR count). The number of oxime groups is 1. The first-order valence-corrected chi connectivity index (χ1v) is 8.56. The number of hydrogen-bond donors (Lipinski definition) is 1. The molecule has 0 amide bonds. The van der Waals surface area contributed by atoms with Crippen molar-refractivity contribution in [3.05, 3.63) is 28.8 Å². The molecule has 1 N–H and O–H groups in total. The van der Waals surface area contributed by atoms with Gasteiger partial charge in [0.05, 0.1) is 11.4 Å². The molecule has 0 aromatic heterocycles. The van der Waals surface area contributed by atoms with Crippen LogP contribution in [-0.4, -0.2) is 26.2 Å². The zero-order valence-electron chi connectivity index (χ0n) is 12.4. The standard InChI is InChI=1S/C13H16ClF3N2O3S/c1-3-5-11(18-22-4-2)10-8-9(14)6-7-12(10)19-23(20,21)13(15,16)17/h6-8,19H,3-5H2,1-2H3/b18-11+. The molecule has 0 bridgehead atoms. The van der Waals surface area contributed by atoms with Crippen molar-refractivity contribution in [3.8, 4) is 0 Å². The zero-order valence-corrected chi connectivity index (χ0v) is 14.0. The van der Waals surface area contributed by atoms with E-state index in [0.717, 1.165) is 6.07 Å². The quantitative estimate of drug-likeness (QED) is 0.577. The van der Waals surface area contributed by atoms with Crippen LogP contribution in [0.1, 0.15) is 32.3 Å². The lowest BCUT2D eigenvalue weighted by molar-refractivity contribution is -0.0429. The van der Waals surface area contributed by atoms with Crippen LogP contribution < -0.4 is 4.72 Å². The third kappa shape index (κ3) is 5.28. The van der Waals surface area contributed by atoms with E-state index in [1.807, 2.05) is 6.92 Å². The molecule has 0 radical (unpaired) electrons. The van der Waals surface area contributed by atoms with Crippen LogP contribution in [0.3, 0.4) is 0 Å². The normalized spacial score (nSPS) is 13.0. The van der Waals surface area contributed by atoms with Gasteiger partial charge in [-0.25, -0.2) is 0 Å². The lowest BCUT2D eigenvalue weighted by Crippen LogP contribution is -2.30. The summed E-state index contributed by atoms with van der Waals surface area (Å²) in [6.07, 6.45) is 1.00. The van der Waals surface area contributed by atoms with Crippen molar-refractivity contribution in [2.45, 2.75) is 32.2 Å². The van der Waals surface area contributed by atoms with Crippen LogP contribution in [-0.2, 0) is 14.9 Å². The number of alkyl halides is 3. The topological polar surface area (TPSA) is 67.8 Å². The van der Waals surface area contributed by atoms with Crippen LogP contribution in [0, 0.1) is 0 Å². The second-order valence-electron chi connectivity index (χ2n) is 4.45.